The van der Waals surface area contributed by atoms with E-state index in [9.17, 15) is 4.79 Å². The zero-order valence-corrected chi connectivity index (χ0v) is 9.55. The summed E-state index contributed by atoms with van der Waals surface area (Å²) in [6.45, 7) is 2.84. The molecule has 0 spiro atoms. The predicted molar refractivity (Wildman–Crippen MR) is 62.6 cm³/mol. The van der Waals surface area contributed by atoms with E-state index in [1.54, 1.807) is 0 Å². The Balaban J connectivity index is 2.27. The van der Waals surface area contributed by atoms with E-state index in [0.717, 1.165) is 18.7 Å². The second kappa shape index (κ2) is 4.23. The van der Waals surface area contributed by atoms with Crippen LogP contribution in [-0.2, 0) is 11.2 Å². The highest BCUT2D eigenvalue weighted by atomic mass is 35.5. The van der Waals surface area contributed by atoms with Crippen LogP contribution >= 0.6 is 11.6 Å². The third-order valence-corrected chi connectivity index (χ3v) is 2.93. The van der Waals surface area contributed by atoms with Gasteiger partial charge >= 0.3 is 0 Å². The summed E-state index contributed by atoms with van der Waals surface area (Å²) in [5, 5.41) is 0. The fourth-order valence-electron chi connectivity index (χ4n) is 1.96. The van der Waals surface area contributed by atoms with Crippen LogP contribution in [-0.4, -0.2) is 18.3 Å². The van der Waals surface area contributed by atoms with E-state index in [-0.39, 0.29) is 5.91 Å². The summed E-state index contributed by atoms with van der Waals surface area (Å²) in [4.78, 5) is 13.6. The van der Waals surface area contributed by atoms with Crippen molar-refractivity contribution in [3.63, 3.8) is 0 Å². The first-order valence-electron chi connectivity index (χ1n) is 5.18. The fraction of sp³-hybridized carbons (Fsp3) is 0.417. The van der Waals surface area contributed by atoms with Gasteiger partial charge in [-0.05, 0) is 30.5 Å². The molecule has 2 nitrogen and oxygen atoms in total. The lowest BCUT2D eigenvalue weighted by Gasteiger charge is -2.16. The Hall–Kier alpha value is -1.02. The van der Waals surface area contributed by atoms with Gasteiger partial charge in [-0.1, -0.05) is 12.1 Å². The lowest BCUT2D eigenvalue weighted by molar-refractivity contribution is -0.118. The summed E-state index contributed by atoms with van der Waals surface area (Å²) >= 11 is 5.59. The second-order valence-corrected chi connectivity index (χ2v) is 4.24. The van der Waals surface area contributed by atoms with Crippen LogP contribution in [0.2, 0.25) is 0 Å². The molecule has 1 amide bonds. The van der Waals surface area contributed by atoms with Gasteiger partial charge in [0.15, 0.2) is 0 Å². The number of hydrogen-bond donors (Lipinski definition) is 0. The third-order valence-electron chi connectivity index (χ3n) is 2.75. The minimum absolute atomic E-state index is 0.134. The van der Waals surface area contributed by atoms with Crippen molar-refractivity contribution in [2.24, 2.45) is 0 Å². The summed E-state index contributed by atoms with van der Waals surface area (Å²) in [6, 6.07) is 6.28. The monoisotopic (exact) mass is 223 g/mol. The Bertz CT molecular complexity index is 389. The van der Waals surface area contributed by atoms with Crippen LogP contribution < -0.4 is 4.90 Å². The molecule has 1 aromatic carbocycles. The first kappa shape index (κ1) is 10.5. The van der Waals surface area contributed by atoms with E-state index in [2.05, 4.69) is 18.2 Å². The van der Waals surface area contributed by atoms with Gasteiger partial charge in [0.1, 0.15) is 0 Å². The molecular weight excluding hydrogens is 210 g/mol. The number of amides is 1. The van der Waals surface area contributed by atoms with Crippen LogP contribution in [0.1, 0.15) is 17.5 Å². The molecule has 0 N–H and O–H groups in total. The van der Waals surface area contributed by atoms with E-state index in [1.165, 1.54) is 11.1 Å². The number of nitrogens with zero attached hydrogens (tertiary/aromatic N) is 1. The summed E-state index contributed by atoms with van der Waals surface area (Å²) in [5.74, 6) is 0.533. The van der Waals surface area contributed by atoms with Crippen molar-refractivity contribution in [2.45, 2.75) is 19.8 Å². The van der Waals surface area contributed by atoms with Crippen LogP contribution in [0, 0.1) is 6.92 Å². The zero-order chi connectivity index (χ0) is 10.8. The molecule has 1 aromatic rings. The molecule has 80 valence electrons. The molecule has 0 fully saturated rings. The third kappa shape index (κ3) is 2.00. The summed E-state index contributed by atoms with van der Waals surface area (Å²) in [5.41, 5.74) is 3.54. The second-order valence-electron chi connectivity index (χ2n) is 3.87. The number of alkyl halides is 1. The molecular formula is C12H14ClNO. The Kier molecular flexibility index (Phi) is 2.96. The average Bonchev–Trinajstić information content (AvgIpc) is 2.60. The molecule has 0 saturated heterocycles. The normalized spacial score (nSPS) is 14.1. The van der Waals surface area contributed by atoms with Crippen molar-refractivity contribution in [1.82, 2.24) is 0 Å². The van der Waals surface area contributed by atoms with E-state index in [4.69, 9.17) is 11.6 Å². The summed E-state index contributed by atoms with van der Waals surface area (Å²) < 4.78 is 0. The summed E-state index contributed by atoms with van der Waals surface area (Å²) in [6.07, 6.45) is 1.39. The standard InChI is InChI=1S/C12H14ClNO/c1-9-2-3-10-5-7-14(11(10)8-9)12(15)4-6-13/h2-3,8H,4-7H2,1H3. The van der Waals surface area contributed by atoms with E-state index >= 15 is 0 Å². The van der Waals surface area contributed by atoms with Crippen molar-refractivity contribution in [2.75, 3.05) is 17.3 Å². The van der Waals surface area contributed by atoms with Crippen LogP contribution in [0.25, 0.3) is 0 Å². The van der Waals surface area contributed by atoms with Crippen LogP contribution in [0.15, 0.2) is 18.2 Å². The van der Waals surface area contributed by atoms with Gasteiger partial charge in [0, 0.05) is 24.5 Å². The van der Waals surface area contributed by atoms with Gasteiger partial charge in [-0.25, -0.2) is 0 Å². The van der Waals surface area contributed by atoms with Gasteiger partial charge in [-0.2, -0.15) is 0 Å². The van der Waals surface area contributed by atoms with Crippen molar-refractivity contribution >= 4 is 23.2 Å². The van der Waals surface area contributed by atoms with Crippen LogP contribution in [0.5, 0.6) is 0 Å². The highest BCUT2D eigenvalue weighted by molar-refractivity contribution is 6.19. The lowest BCUT2D eigenvalue weighted by atomic mass is 10.1. The van der Waals surface area contributed by atoms with E-state index in [1.807, 2.05) is 11.8 Å². The van der Waals surface area contributed by atoms with Crippen molar-refractivity contribution < 1.29 is 4.79 Å². The molecule has 0 unspecified atom stereocenters. The van der Waals surface area contributed by atoms with Gasteiger partial charge in [0.25, 0.3) is 0 Å². The smallest absolute Gasteiger partial charge is 0.228 e. The summed E-state index contributed by atoms with van der Waals surface area (Å²) in [7, 11) is 0. The first-order valence-corrected chi connectivity index (χ1v) is 5.71. The number of anilines is 1. The molecule has 1 aliphatic heterocycles. The molecule has 0 aromatic heterocycles. The molecule has 1 aliphatic rings. The molecule has 0 radical (unpaired) electrons. The van der Waals surface area contributed by atoms with Gasteiger partial charge in [0.05, 0.1) is 0 Å². The minimum Gasteiger partial charge on any atom is -0.312 e. The molecule has 1 heterocycles. The predicted octanol–water partition coefficient (Wildman–Crippen LogP) is 2.51. The van der Waals surface area contributed by atoms with Crippen molar-refractivity contribution in [3.8, 4) is 0 Å². The quantitative estimate of drug-likeness (QED) is 0.706. The van der Waals surface area contributed by atoms with Gasteiger partial charge < -0.3 is 4.90 Å². The van der Waals surface area contributed by atoms with Gasteiger partial charge in [0.2, 0.25) is 5.91 Å². The Morgan fingerprint density at radius 1 is 1.53 bits per heavy atom. The van der Waals surface area contributed by atoms with Gasteiger partial charge in [-0.15, -0.1) is 11.6 Å². The SMILES string of the molecule is Cc1ccc2c(c1)N(C(=O)CCCl)CC2. The number of fused-ring (bicyclic) bond motifs is 1. The number of hydrogen-bond acceptors (Lipinski definition) is 1. The largest absolute Gasteiger partial charge is 0.312 e. The molecule has 0 atom stereocenters. The lowest BCUT2D eigenvalue weighted by Crippen LogP contribution is -2.28. The topological polar surface area (TPSA) is 20.3 Å². The number of aryl methyl sites for hydroxylation is 1. The van der Waals surface area contributed by atoms with Crippen LogP contribution in [0.3, 0.4) is 0 Å². The maximum atomic E-state index is 11.8. The Morgan fingerprint density at radius 2 is 2.33 bits per heavy atom. The molecule has 0 saturated carbocycles. The molecule has 0 bridgehead atoms. The maximum Gasteiger partial charge on any atom is 0.228 e. The molecule has 3 heteroatoms. The van der Waals surface area contributed by atoms with Crippen LogP contribution in [0.4, 0.5) is 5.69 Å². The maximum absolute atomic E-state index is 11.8. The van der Waals surface area contributed by atoms with Crippen molar-refractivity contribution in [1.29, 1.82) is 0 Å². The molecule has 15 heavy (non-hydrogen) atoms. The van der Waals surface area contributed by atoms with E-state index in [0.29, 0.717) is 12.3 Å². The number of carbonyl (C=O) groups excluding carboxylic acids is 1. The van der Waals surface area contributed by atoms with Gasteiger partial charge in [-0.3, -0.25) is 4.79 Å². The highest BCUT2D eigenvalue weighted by Crippen LogP contribution is 2.29. The Morgan fingerprint density at radius 3 is 3.07 bits per heavy atom. The zero-order valence-electron chi connectivity index (χ0n) is 8.79. The first-order chi connectivity index (χ1) is 7.22. The number of carbonyl (C=O) groups is 1. The number of rotatable bonds is 2. The average molecular weight is 224 g/mol. The Labute approximate surface area is 94.8 Å². The molecule has 2 rings (SSSR count). The van der Waals surface area contributed by atoms with E-state index < -0.39 is 0 Å². The molecule has 0 aliphatic carbocycles. The number of benzene rings is 1. The number of halogens is 1. The fourth-order valence-corrected chi connectivity index (χ4v) is 2.13. The van der Waals surface area contributed by atoms with Crippen molar-refractivity contribution in [3.05, 3.63) is 29.3 Å². The minimum atomic E-state index is 0.134. The highest BCUT2D eigenvalue weighted by Gasteiger charge is 2.23.